The minimum absolute atomic E-state index is 0.0374. The first-order valence-electron chi connectivity index (χ1n) is 15.0. The number of halogens is 3. The van der Waals surface area contributed by atoms with Crippen molar-refractivity contribution in [1.29, 1.82) is 0 Å². The Labute approximate surface area is 248 Å². The van der Waals surface area contributed by atoms with Gasteiger partial charge in [-0.25, -0.2) is 4.39 Å². The lowest BCUT2D eigenvalue weighted by Gasteiger charge is -2.31. The summed E-state index contributed by atoms with van der Waals surface area (Å²) in [6.45, 7) is 3.99. The van der Waals surface area contributed by atoms with E-state index in [1.165, 1.54) is 0 Å². The van der Waals surface area contributed by atoms with Crippen LogP contribution in [0.1, 0.15) is 39.0 Å². The molecule has 7 rings (SSSR count). The quantitative estimate of drug-likeness (QED) is 0.271. The standard InChI is InChI=1S/C33H35F3N6O/c1-20-11-12-23(38-20)18-41(2)31-26-16-37-28(25-10-5-8-21-7-3-4-9-24(21)25)27(34)29(26)39-32(40-31)43-19-33-13-6-14-42(33)17-22(15-33)30(35)36/h3-5,7-10,16,20,23,38H,6,11-15,17-19H2,1-2H3. The molecule has 0 saturated carbocycles. The normalized spacial score (nSPS) is 23.8. The SMILES string of the molecule is CC1CCC(CN(C)c2nc(OCC34CCCN3CC(=C(F)F)C4)nc3c(F)c(-c4cccc5ccccc45)ncc23)N1. The summed E-state index contributed by atoms with van der Waals surface area (Å²) in [7, 11) is 1.93. The van der Waals surface area contributed by atoms with Crippen molar-refractivity contribution in [2.45, 2.75) is 56.7 Å². The molecule has 3 aliphatic heterocycles. The number of fused-ring (bicyclic) bond motifs is 3. The number of likely N-dealkylation sites (N-methyl/N-ethyl adjacent to an activating group) is 1. The topological polar surface area (TPSA) is 66.4 Å². The second kappa shape index (κ2) is 11.1. The van der Waals surface area contributed by atoms with E-state index in [0.717, 1.165) is 43.0 Å². The number of benzene rings is 2. The molecule has 3 saturated heterocycles. The van der Waals surface area contributed by atoms with Crippen LogP contribution in [0.2, 0.25) is 0 Å². The van der Waals surface area contributed by atoms with Crippen LogP contribution in [0.4, 0.5) is 19.0 Å². The molecular formula is C33H35F3N6O. The van der Waals surface area contributed by atoms with Crippen molar-refractivity contribution in [1.82, 2.24) is 25.2 Å². The highest BCUT2D eigenvalue weighted by molar-refractivity contribution is 5.98. The van der Waals surface area contributed by atoms with Crippen molar-refractivity contribution < 1.29 is 17.9 Å². The van der Waals surface area contributed by atoms with Crippen molar-refractivity contribution in [3.63, 3.8) is 0 Å². The number of ether oxygens (including phenoxy) is 1. The number of anilines is 1. The first-order valence-corrected chi connectivity index (χ1v) is 15.0. The minimum Gasteiger partial charge on any atom is -0.461 e. The third-order valence-corrected chi connectivity index (χ3v) is 9.41. The van der Waals surface area contributed by atoms with E-state index < -0.39 is 17.4 Å². The predicted octanol–water partition coefficient (Wildman–Crippen LogP) is 6.33. The van der Waals surface area contributed by atoms with Gasteiger partial charge in [-0.15, -0.1) is 0 Å². The molecule has 7 nitrogen and oxygen atoms in total. The Hall–Kier alpha value is -3.76. The van der Waals surface area contributed by atoms with E-state index in [1.807, 2.05) is 54.4 Å². The Balaban J connectivity index is 1.29. The smallest absolute Gasteiger partial charge is 0.319 e. The van der Waals surface area contributed by atoms with Gasteiger partial charge in [-0.1, -0.05) is 42.5 Å². The van der Waals surface area contributed by atoms with Gasteiger partial charge >= 0.3 is 6.01 Å². The van der Waals surface area contributed by atoms with Crippen LogP contribution < -0.4 is 15.0 Å². The number of nitrogens with zero attached hydrogens (tertiary/aromatic N) is 5. The Bertz CT molecular complexity index is 1720. The summed E-state index contributed by atoms with van der Waals surface area (Å²) >= 11 is 0. The molecular weight excluding hydrogens is 553 g/mol. The summed E-state index contributed by atoms with van der Waals surface area (Å²) in [6, 6.07) is 14.3. The van der Waals surface area contributed by atoms with Crippen LogP contribution in [0.15, 0.2) is 60.3 Å². The molecule has 1 N–H and O–H groups in total. The average molecular weight is 589 g/mol. The summed E-state index contributed by atoms with van der Waals surface area (Å²) in [5.41, 5.74) is 0.645. The molecule has 2 aromatic carbocycles. The molecule has 0 aliphatic carbocycles. The number of aromatic nitrogens is 3. The van der Waals surface area contributed by atoms with Crippen LogP contribution in [-0.4, -0.2) is 70.8 Å². The molecule has 224 valence electrons. The number of pyridine rings is 1. The molecule has 0 amide bonds. The fourth-order valence-electron chi connectivity index (χ4n) is 7.24. The maximum atomic E-state index is 16.5. The molecule has 5 heterocycles. The molecule has 43 heavy (non-hydrogen) atoms. The van der Waals surface area contributed by atoms with Crippen molar-refractivity contribution >= 4 is 27.5 Å². The predicted molar refractivity (Wildman–Crippen MR) is 162 cm³/mol. The zero-order chi connectivity index (χ0) is 29.7. The monoisotopic (exact) mass is 588 g/mol. The molecule has 3 fully saturated rings. The number of nitrogens with one attached hydrogen (secondary N) is 1. The molecule has 2 aromatic heterocycles. The Morgan fingerprint density at radius 3 is 2.77 bits per heavy atom. The van der Waals surface area contributed by atoms with E-state index in [0.29, 0.717) is 29.4 Å². The van der Waals surface area contributed by atoms with Gasteiger partial charge in [-0.3, -0.25) is 9.88 Å². The molecule has 3 aliphatic rings. The van der Waals surface area contributed by atoms with Crippen LogP contribution in [0.3, 0.4) is 0 Å². The van der Waals surface area contributed by atoms with Gasteiger partial charge in [0, 0.05) is 49.6 Å². The van der Waals surface area contributed by atoms with Gasteiger partial charge in [0.15, 0.2) is 5.82 Å². The zero-order valence-electron chi connectivity index (χ0n) is 24.4. The summed E-state index contributed by atoms with van der Waals surface area (Å²) in [4.78, 5) is 18.0. The van der Waals surface area contributed by atoms with Crippen LogP contribution in [-0.2, 0) is 0 Å². The van der Waals surface area contributed by atoms with Crippen molar-refractivity contribution in [3.05, 3.63) is 66.1 Å². The number of rotatable bonds is 7. The zero-order valence-corrected chi connectivity index (χ0v) is 24.4. The molecule has 4 aromatic rings. The van der Waals surface area contributed by atoms with E-state index in [9.17, 15) is 8.78 Å². The summed E-state index contributed by atoms with van der Waals surface area (Å²) in [5.74, 6) is -0.0191. The summed E-state index contributed by atoms with van der Waals surface area (Å²) in [5, 5.41) is 5.97. The van der Waals surface area contributed by atoms with E-state index in [1.54, 1.807) is 6.20 Å². The van der Waals surface area contributed by atoms with Crippen molar-refractivity contribution in [2.24, 2.45) is 0 Å². The molecule has 0 radical (unpaired) electrons. The number of hydrogen-bond acceptors (Lipinski definition) is 7. The second-order valence-corrected chi connectivity index (χ2v) is 12.3. The molecule has 3 atom stereocenters. The third-order valence-electron chi connectivity index (χ3n) is 9.41. The lowest BCUT2D eigenvalue weighted by atomic mass is 9.94. The van der Waals surface area contributed by atoms with Crippen LogP contribution in [0, 0.1) is 5.82 Å². The van der Waals surface area contributed by atoms with Gasteiger partial charge in [-0.2, -0.15) is 18.7 Å². The number of hydrogen-bond donors (Lipinski definition) is 1. The fourth-order valence-corrected chi connectivity index (χ4v) is 7.24. The lowest BCUT2D eigenvalue weighted by molar-refractivity contribution is 0.108. The minimum atomic E-state index is -1.61. The summed E-state index contributed by atoms with van der Waals surface area (Å²) in [6.07, 6.45) is 4.09. The van der Waals surface area contributed by atoms with Gasteiger partial charge in [0.1, 0.15) is 23.6 Å². The van der Waals surface area contributed by atoms with Gasteiger partial charge in [0.05, 0.1) is 10.9 Å². The van der Waals surface area contributed by atoms with Gasteiger partial charge in [-0.05, 0) is 56.3 Å². The van der Waals surface area contributed by atoms with E-state index in [2.05, 4.69) is 27.1 Å². The van der Waals surface area contributed by atoms with Crippen LogP contribution >= 0.6 is 0 Å². The molecule has 0 bridgehead atoms. The van der Waals surface area contributed by atoms with Gasteiger partial charge in [0.2, 0.25) is 0 Å². The maximum Gasteiger partial charge on any atom is 0.319 e. The molecule has 0 spiro atoms. The van der Waals surface area contributed by atoms with Crippen LogP contribution in [0.25, 0.3) is 32.9 Å². The summed E-state index contributed by atoms with van der Waals surface area (Å²) < 4.78 is 49.8. The molecule has 10 heteroatoms. The first-order chi connectivity index (χ1) is 20.8. The highest BCUT2D eigenvalue weighted by Crippen LogP contribution is 2.43. The Kier molecular flexibility index (Phi) is 7.21. The van der Waals surface area contributed by atoms with E-state index in [-0.39, 0.29) is 48.4 Å². The third kappa shape index (κ3) is 5.10. The fraction of sp³-hybridized carbons (Fsp3) is 0.424. The first kappa shape index (κ1) is 28.0. The largest absolute Gasteiger partial charge is 0.461 e. The van der Waals surface area contributed by atoms with Crippen LogP contribution in [0.5, 0.6) is 6.01 Å². The van der Waals surface area contributed by atoms with E-state index in [4.69, 9.17) is 9.72 Å². The van der Waals surface area contributed by atoms with Gasteiger partial charge < -0.3 is 15.0 Å². The van der Waals surface area contributed by atoms with Gasteiger partial charge in [0.25, 0.3) is 6.08 Å². The lowest BCUT2D eigenvalue weighted by Crippen LogP contribution is -2.43. The average Bonchev–Trinajstić information content (AvgIpc) is 3.70. The highest BCUT2D eigenvalue weighted by atomic mass is 19.3. The molecule has 3 unspecified atom stereocenters. The van der Waals surface area contributed by atoms with E-state index >= 15 is 4.39 Å². The van der Waals surface area contributed by atoms with Crippen molar-refractivity contribution in [3.8, 4) is 17.3 Å². The highest BCUT2D eigenvalue weighted by Gasteiger charge is 2.48. The van der Waals surface area contributed by atoms with Crippen molar-refractivity contribution in [2.75, 3.05) is 38.2 Å². The second-order valence-electron chi connectivity index (χ2n) is 12.3. The Morgan fingerprint density at radius 1 is 1.12 bits per heavy atom. The Morgan fingerprint density at radius 2 is 1.95 bits per heavy atom. The maximum absolute atomic E-state index is 16.5.